The van der Waals surface area contributed by atoms with Gasteiger partial charge in [-0.05, 0) is 26.8 Å². The third-order valence-electron chi connectivity index (χ3n) is 5.49. The highest BCUT2D eigenvalue weighted by Gasteiger charge is 2.47. The van der Waals surface area contributed by atoms with E-state index in [9.17, 15) is 19.5 Å². The predicted octanol–water partition coefficient (Wildman–Crippen LogP) is 4.66. The number of aliphatic hydroxyl groups is 1. The number of benzene rings is 1. The molecule has 0 aliphatic carbocycles. The standard InChI is InChI=1S/C25H23N3O6S2/c1-6-11-34-16-10-8-7-9-15(16)18-17(19(29)21-12(2)26-14(4)35-21)20(30)23(31)28(18)25-27-13(3)22(36-25)24(32)33-5/h6-10,18,30H,1,11H2,2-5H3. The van der Waals surface area contributed by atoms with Gasteiger partial charge in [-0.3, -0.25) is 14.5 Å². The van der Waals surface area contributed by atoms with Crippen molar-refractivity contribution < 1.29 is 29.0 Å². The van der Waals surface area contributed by atoms with Crippen molar-refractivity contribution in [3.63, 3.8) is 0 Å². The van der Waals surface area contributed by atoms with E-state index in [1.54, 1.807) is 51.1 Å². The maximum absolute atomic E-state index is 13.8. The fourth-order valence-electron chi connectivity index (χ4n) is 3.95. The third kappa shape index (κ3) is 4.31. The second kappa shape index (κ2) is 10.0. The van der Waals surface area contributed by atoms with Crippen molar-refractivity contribution >= 4 is 45.5 Å². The normalized spacial score (nSPS) is 15.4. The first-order valence-corrected chi connectivity index (χ1v) is 12.5. The molecular weight excluding hydrogens is 502 g/mol. The van der Waals surface area contributed by atoms with E-state index in [1.807, 2.05) is 0 Å². The summed E-state index contributed by atoms with van der Waals surface area (Å²) < 4.78 is 10.7. The summed E-state index contributed by atoms with van der Waals surface area (Å²) in [5.41, 5.74) is 1.21. The van der Waals surface area contributed by atoms with Gasteiger partial charge >= 0.3 is 5.97 Å². The summed E-state index contributed by atoms with van der Waals surface area (Å²) in [7, 11) is 1.25. The van der Waals surface area contributed by atoms with Gasteiger partial charge in [-0.2, -0.15) is 0 Å². The van der Waals surface area contributed by atoms with E-state index in [0.29, 0.717) is 32.6 Å². The number of anilines is 1. The van der Waals surface area contributed by atoms with Crippen LogP contribution in [0.15, 0.2) is 48.3 Å². The number of amides is 1. The monoisotopic (exact) mass is 525 g/mol. The molecule has 4 rings (SSSR count). The number of methoxy groups -OCH3 is 1. The number of aryl methyl sites for hydroxylation is 3. The Morgan fingerprint density at radius 3 is 2.47 bits per heavy atom. The molecule has 1 aromatic carbocycles. The Labute approximate surface area is 215 Å². The van der Waals surface area contributed by atoms with Crippen LogP contribution in [0.1, 0.15) is 47.3 Å². The summed E-state index contributed by atoms with van der Waals surface area (Å²) in [6.07, 6.45) is 1.57. The Hall–Kier alpha value is -3.83. The minimum atomic E-state index is -1.07. The molecule has 2 aromatic heterocycles. The summed E-state index contributed by atoms with van der Waals surface area (Å²) in [6, 6.07) is 5.85. The van der Waals surface area contributed by atoms with Crippen molar-refractivity contribution in [3.8, 4) is 5.75 Å². The molecule has 9 nitrogen and oxygen atoms in total. The van der Waals surface area contributed by atoms with Crippen molar-refractivity contribution in [3.05, 3.63) is 80.0 Å². The average molecular weight is 526 g/mol. The second-order valence-corrected chi connectivity index (χ2v) is 10.0. The molecule has 1 unspecified atom stereocenters. The molecule has 0 fully saturated rings. The molecule has 3 aromatic rings. The number of para-hydroxylation sites is 1. The van der Waals surface area contributed by atoms with Crippen LogP contribution in [-0.4, -0.2) is 46.5 Å². The molecule has 3 heterocycles. The summed E-state index contributed by atoms with van der Waals surface area (Å²) in [5, 5.41) is 11.8. The molecule has 0 spiro atoms. The van der Waals surface area contributed by atoms with Crippen LogP contribution in [0.5, 0.6) is 5.75 Å². The Morgan fingerprint density at radius 2 is 1.83 bits per heavy atom. The molecule has 0 saturated carbocycles. The van der Waals surface area contributed by atoms with Gasteiger partial charge in [0.1, 0.15) is 23.3 Å². The summed E-state index contributed by atoms with van der Waals surface area (Å²) in [6.45, 7) is 8.95. The molecule has 11 heteroatoms. The smallest absolute Gasteiger partial charge is 0.350 e. The van der Waals surface area contributed by atoms with Gasteiger partial charge in [0.2, 0.25) is 5.78 Å². The third-order valence-corrected chi connectivity index (χ3v) is 7.70. The predicted molar refractivity (Wildman–Crippen MR) is 136 cm³/mol. The number of hydrogen-bond donors (Lipinski definition) is 1. The van der Waals surface area contributed by atoms with Crippen molar-refractivity contribution in [1.82, 2.24) is 9.97 Å². The zero-order valence-electron chi connectivity index (χ0n) is 20.0. The highest BCUT2D eigenvalue weighted by molar-refractivity contribution is 7.17. The lowest BCUT2D eigenvalue weighted by molar-refractivity contribution is -0.117. The Kier molecular flexibility index (Phi) is 7.04. The second-order valence-electron chi connectivity index (χ2n) is 7.86. The highest BCUT2D eigenvalue weighted by Crippen LogP contribution is 2.46. The summed E-state index contributed by atoms with van der Waals surface area (Å²) >= 11 is 2.12. The lowest BCUT2D eigenvalue weighted by Crippen LogP contribution is -2.31. The van der Waals surface area contributed by atoms with Gasteiger partial charge in [-0.15, -0.1) is 11.3 Å². The molecule has 0 bridgehead atoms. The van der Waals surface area contributed by atoms with Crippen LogP contribution in [0.4, 0.5) is 5.13 Å². The Bertz CT molecular complexity index is 1420. The van der Waals surface area contributed by atoms with Crippen molar-refractivity contribution in [1.29, 1.82) is 0 Å². The van der Waals surface area contributed by atoms with Crippen LogP contribution >= 0.6 is 22.7 Å². The first kappa shape index (κ1) is 25.3. The van der Waals surface area contributed by atoms with Crippen LogP contribution in [-0.2, 0) is 9.53 Å². The van der Waals surface area contributed by atoms with E-state index >= 15 is 0 Å². The molecule has 1 atom stereocenters. The van der Waals surface area contributed by atoms with Gasteiger partial charge in [0.25, 0.3) is 5.91 Å². The van der Waals surface area contributed by atoms with Gasteiger partial charge in [-0.25, -0.2) is 14.8 Å². The van der Waals surface area contributed by atoms with Gasteiger partial charge < -0.3 is 14.6 Å². The number of Topliss-reactive ketones (excluding diaryl/α,β-unsaturated/α-hetero) is 1. The average Bonchev–Trinajstić information content (AvgIpc) is 3.49. The SMILES string of the molecule is C=CCOc1ccccc1C1C(C(=O)c2sc(C)nc2C)=C(O)C(=O)N1c1nc(C)c(C(=O)OC)s1. The highest BCUT2D eigenvalue weighted by atomic mass is 32.1. The Morgan fingerprint density at radius 1 is 1.14 bits per heavy atom. The number of ketones is 1. The lowest BCUT2D eigenvalue weighted by Gasteiger charge is -2.26. The minimum Gasteiger partial charge on any atom is -0.503 e. The number of thiazole rings is 2. The zero-order valence-corrected chi connectivity index (χ0v) is 21.7. The van der Waals surface area contributed by atoms with Gasteiger partial charge in [0.05, 0.1) is 34.0 Å². The number of aliphatic hydroxyl groups excluding tert-OH is 1. The van der Waals surface area contributed by atoms with Crippen LogP contribution in [0.25, 0.3) is 0 Å². The van der Waals surface area contributed by atoms with Crippen molar-refractivity contribution in [2.24, 2.45) is 0 Å². The molecule has 0 radical (unpaired) electrons. The van der Waals surface area contributed by atoms with Crippen molar-refractivity contribution in [2.45, 2.75) is 26.8 Å². The van der Waals surface area contributed by atoms with E-state index in [-0.39, 0.29) is 22.2 Å². The number of ether oxygens (including phenoxy) is 2. The van der Waals surface area contributed by atoms with Gasteiger partial charge in [0.15, 0.2) is 10.9 Å². The molecule has 1 aliphatic heterocycles. The van der Waals surface area contributed by atoms with E-state index in [0.717, 1.165) is 11.3 Å². The number of esters is 1. The first-order valence-electron chi connectivity index (χ1n) is 10.8. The number of aromatic nitrogens is 2. The number of rotatable bonds is 8. The topological polar surface area (TPSA) is 119 Å². The summed E-state index contributed by atoms with van der Waals surface area (Å²) in [5.74, 6) is -2.22. The Balaban J connectivity index is 1.93. The molecule has 0 saturated heterocycles. The maximum Gasteiger partial charge on any atom is 0.350 e. The number of nitrogens with zero attached hydrogens (tertiary/aromatic N) is 3. The van der Waals surface area contributed by atoms with E-state index in [1.165, 1.54) is 23.3 Å². The maximum atomic E-state index is 13.8. The van der Waals surface area contributed by atoms with Crippen LogP contribution in [0.2, 0.25) is 0 Å². The van der Waals surface area contributed by atoms with Gasteiger partial charge in [-0.1, -0.05) is 42.2 Å². The van der Waals surface area contributed by atoms with E-state index in [4.69, 9.17) is 9.47 Å². The molecule has 1 amide bonds. The lowest BCUT2D eigenvalue weighted by atomic mass is 9.94. The largest absolute Gasteiger partial charge is 0.503 e. The summed E-state index contributed by atoms with van der Waals surface area (Å²) in [4.78, 5) is 49.9. The van der Waals surface area contributed by atoms with E-state index in [2.05, 4.69) is 16.5 Å². The van der Waals surface area contributed by atoms with Crippen LogP contribution in [0.3, 0.4) is 0 Å². The van der Waals surface area contributed by atoms with Gasteiger partial charge in [0, 0.05) is 5.56 Å². The van der Waals surface area contributed by atoms with Crippen LogP contribution in [0, 0.1) is 20.8 Å². The first-order chi connectivity index (χ1) is 17.2. The number of carbonyl (C=O) groups is 3. The van der Waals surface area contributed by atoms with Crippen LogP contribution < -0.4 is 9.64 Å². The molecular formula is C25H23N3O6S2. The fourth-order valence-corrected chi connectivity index (χ4v) is 5.83. The fraction of sp³-hybridized carbons (Fsp3) is 0.240. The zero-order chi connectivity index (χ0) is 26.1. The van der Waals surface area contributed by atoms with E-state index < -0.39 is 29.5 Å². The number of carbonyl (C=O) groups excluding carboxylic acids is 3. The van der Waals surface area contributed by atoms with Crippen molar-refractivity contribution in [2.75, 3.05) is 18.6 Å². The minimum absolute atomic E-state index is 0.117. The molecule has 36 heavy (non-hydrogen) atoms. The number of hydrogen-bond acceptors (Lipinski definition) is 10. The molecule has 1 aliphatic rings. The quantitative estimate of drug-likeness (QED) is 0.256. The molecule has 186 valence electrons. The molecule has 1 N–H and O–H groups in total.